The van der Waals surface area contributed by atoms with Gasteiger partial charge in [0.25, 0.3) is 5.91 Å². The molecular formula is C22H25N3O3. The molecule has 0 saturated carbocycles. The average Bonchev–Trinajstić information content (AvgIpc) is 3.18. The van der Waals surface area contributed by atoms with Gasteiger partial charge < -0.3 is 9.64 Å². The Kier molecular flexibility index (Phi) is 5.78. The lowest BCUT2D eigenvalue weighted by Crippen LogP contribution is -2.36. The summed E-state index contributed by atoms with van der Waals surface area (Å²) < 4.78 is 5.19. The van der Waals surface area contributed by atoms with Crippen molar-refractivity contribution in [1.82, 2.24) is 4.90 Å². The van der Waals surface area contributed by atoms with E-state index in [-0.39, 0.29) is 17.7 Å². The van der Waals surface area contributed by atoms with Crippen LogP contribution in [-0.2, 0) is 9.59 Å². The highest BCUT2D eigenvalue weighted by Gasteiger charge is 2.36. The number of anilines is 1. The molecule has 6 heteroatoms. The molecular weight excluding hydrogens is 354 g/mol. The molecule has 1 aliphatic rings. The van der Waals surface area contributed by atoms with E-state index in [1.54, 1.807) is 24.1 Å². The van der Waals surface area contributed by atoms with Crippen molar-refractivity contribution in [2.45, 2.75) is 32.4 Å². The fraction of sp³-hybridized carbons (Fsp3) is 0.318. The number of para-hydroxylation sites is 1. The van der Waals surface area contributed by atoms with Crippen LogP contribution in [0.3, 0.4) is 0 Å². The van der Waals surface area contributed by atoms with Crippen LogP contribution in [0.15, 0.2) is 59.7 Å². The number of ketones is 1. The smallest absolute Gasteiger partial charge is 0.270 e. The Labute approximate surface area is 165 Å². The monoisotopic (exact) mass is 379 g/mol. The zero-order valence-corrected chi connectivity index (χ0v) is 16.6. The number of hydrogen-bond donors (Lipinski definition) is 0. The summed E-state index contributed by atoms with van der Waals surface area (Å²) in [5.41, 5.74) is 2.20. The first kappa shape index (κ1) is 19.6. The summed E-state index contributed by atoms with van der Waals surface area (Å²) in [6.45, 7) is 3.50. The zero-order valence-electron chi connectivity index (χ0n) is 16.6. The molecule has 0 aromatic heterocycles. The topological polar surface area (TPSA) is 62.2 Å². The number of carbonyl (C=O) groups is 2. The van der Waals surface area contributed by atoms with E-state index in [1.807, 2.05) is 61.5 Å². The maximum absolute atomic E-state index is 13.1. The fourth-order valence-corrected chi connectivity index (χ4v) is 3.26. The quantitative estimate of drug-likeness (QED) is 0.771. The van der Waals surface area contributed by atoms with Crippen LogP contribution >= 0.6 is 0 Å². The first-order valence-electron chi connectivity index (χ1n) is 9.25. The van der Waals surface area contributed by atoms with Gasteiger partial charge in [-0.1, -0.05) is 30.3 Å². The van der Waals surface area contributed by atoms with Gasteiger partial charge in [-0.3, -0.25) is 14.6 Å². The van der Waals surface area contributed by atoms with Gasteiger partial charge in [-0.25, -0.2) is 0 Å². The lowest BCUT2D eigenvalue weighted by atomic mass is 10.0. The summed E-state index contributed by atoms with van der Waals surface area (Å²) in [6, 6.07) is 16.5. The largest absolute Gasteiger partial charge is 0.497 e. The minimum absolute atomic E-state index is 0.0127. The van der Waals surface area contributed by atoms with E-state index < -0.39 is 6.04 Å². The van der Waals surface area contributed by atoms with Crippen molar-refractivity contribution in [3.05, 3.63) is 60.2 Å². The van der Waals surface area contributed by atoms with Crippen LogP contribution in [0.5, 0.6) is 5.75 Å². The van der Waals surface area contributed by atoms with Crippen LogP contribution in [0.2, 0.25) is 0 Å². The third kappa shape index (κ3) is 3.91. The molecule has 0 saturated heterocycles. The average molecular weight is 379 g/mol. The van der Waals surface area contributed by atoms with E-state index in [0.717, 1.165) is 17.0 Å². The molecule has 2 atom stereocenters. The Morgan fingerprint density at radius 3 is 2.36 bits per heavy atom. The fourth-order valence-electron chi connectivity index (χ4n) is 3.26. The molecule has 1 heterocycles. The number of hydrazone groups is 1. The maximum Gasteiger partial charge on any atom is 0.270 e. The van der Waals surface area contributed by atoms with E-state index in [0.29, 0.717) is 12.1 Å². The van der Waals surface area contributed by atoms with Crippen LogP contribution in [0.25, 0.3) is 0 Å². The third-order valence-electron chi connectivity index (χ3n) is 5.15. The number of hydrogen-bond acceptors (Lipinski definition) is 5. The van der Waals surface area contributed by atoms with Gasteiger partial charge in [0.15, 0.2) is 5.78 Å². The number of ether oxygens (including phenoxy) is 1. The number of nitrogens with zero attached hydrogens (tertiary/aromatic N) is 3. The van der Waals surface area contributed by atoms with Gasteiger partial charge in [0.2, 0.25) is 0 Å². The van der Waals surface area contributed by atoms with Gasteiger partial charge >= 0.3 is 0 Å². The van der Waals surface area contributed by atoms with Crippen molar-refractivity contribution >= 4 is 23.1 Å². The molecule has 28 heavy (non-hydrogen) atoms. The number of amides is 1. The third-order valence-corrected chi connectivity index (χ3v) is 5.15. The second kappa shape index (κ2) is 8.25. The minimum atomic E-state index is -0.453. The SMILES string of the molecule is COc1ccc(C(C)N(C)C(=O)C2=NN(c3ccccc3)C(C(C)=O)C2)cc1. The van der Waals surface area contributed by atoms with E-state index in [2.05, 4.69) is 5.10 Å². The Morgan fingerprint density at radius 1 is 1.14 bits per heavy atom. The highest BCUT2D eigenvalue weighted by molar-refractivity contribution is 6.40. The van der Waals surface area contributed by atoms with Gasteiger partial charge in [-0.15, -0.1) is 0 Å². The summed E-state index contributed by atoms with van der Waals surface area (Å²) in [6.07, 6.45) is 0.308. The molecule has 2 unspecified atom stereocenters. The number of benzene rings is 2. The van der Waals surface area contributed by atoms with Crippen molar-refractivity contribution in [2.75, 3.05) is 19.2 Å². The summed E-state index contributed by atoms with van der Waals surface area (Å²) in [5, 5.41) is 6.16. The predicted octanol–water partition coefficient (Wildman–Crippen LogP) is 3.44. The van der Waals surface area contributed by atoms with Crippen molar-refractivity contribution in [3.8, 4) is 5.75 Å². The lowest BCUT2D eigenvalue weighted by molar-refractivity contribution is -0.124. The second-order valence-electron chi connectivity index (χ2n) is 6.92. The van der Waals surface area contributed by atoms with Crippen LogP contribution < -0.4 is 9.75 Å². The molecule has 1 aliphatic heterocycles. The van der Waals surface area contributed by atoms with Crippen molar-refractivity contribution in [1.29, 1.82) is 0 Å². The van der Waals surface area contributed by atoms with Gasteiger partial charge in [0.1, 0.15) is 17.5 Å². The molecule has 6 nitrogen and oxygen atoms in total. The second-order valence-corrected chi connectivity index (χ2v) is 6.92. The van der Waals surface area contributed by atoms with Crippen LogP contribution in [0, 0.1) is 0 Å². The molecule has 2 aromatic carbocycles. The lowest BCUT2D eigenvalue weighted by Gasteiger charge is -2.25. The molecule has 0 fully saturated rings. The van der Waals surface area contributed by atoms with Gasteiger partial charge in [-0.2, -0.15) is 5.10 Å². The predicted molar refractivity (Wildman–Crippen MR) is 110 cm³/mol. The van der Waals surface area contributed by atoms with Gasteiger partial charge in [0.05, 0.1) is 18.8 Å². The molecule has 0 radical (unpaired) electrons. The van der Waals surface area contributed by atoms with Crippen LogP contribution in [-0.4, -0.2) is 42.5 Å². The van der Waals surface area contributed by atoms with E-state index in [9.17, 15) is 9.59 Å². The van der Waals surface area contributed by atoms with E-state index in [4.69, 9.17) is 4.74 Å². The summed E-state index contributed by atoms with van der Waals surface area (Å²) in [4.78, 5) is 26.9. The molecule has 0 N–H and O–H groups in total. The van der Waals surface area contributed by atoms with Crippen molar-refractivity contribution < 1.29 is 14.3 Å². The van der Waals surface area contributed by atoms with Crippen molar-refractivity contribution in [2.24, 2.45) is 5.10 Å². The van der Waals surface area contributed by atoms with Gasteiger partial charge in [0, 0.05) is 13.5 Å². The molecule has 0 aliphatic carbocycles. The first-order valence-corrected chi connectivity index (χ1v) is 9.25. The Hall–Kier alpha value is -3.15. The zero-order chi connectivity index (χ0) is 20.3. The van der Waals surface area contributed by atoms with E-state index in [1.165, 1.54) is 6.92 Å². The molecule has 0 bridgehead atoms. The van der Waals surface area contributed by atoms with Crippen molar-refractivity contribution in [3.63, 3.8) is 0 Å². The Morgan fingerprint density at radius 2 is 1.79 bits per heavy atom. The molecule has 146 valence electrons. The highest BCUT2D eigenvalue weighted by Crippen LogP contribution is 2.27. The Balaban J connectivity index is 1.81. The number of carbonyl (C=O) groups excluding carboxylic acids is 2. The highest BCUT2D eigenvalue weighted by atomic mass is 16.5. The normalized spacial score (nSPS) is 17.1. The maximum atomic E-state index is 13.1. The van der Waals surface area contributed by atoms with Gasteiger partial charge in [-0.05, 0) is 43.7 Å². The summed E-state index contributed by atoms with van der Waals surface area (Å²) >= 11 is 0. The Bertz CT molecular complexity index is 878. The molecule has 1 amide bonds. The molecule has 0 spiro atoms. The summed E-state index contributed by atoms with van der Waals surface area (Å²) in [5.74, 6) is 0.585. The molecule has 3 rings (SSSR count). The number of Topliss-reactive ketones (excluding diaryl/α,β-unsaturated/α-hetero) is 1. The number of rotatable bonds is 6. The minimum Gasteiger partial charge on any atom is -0.497 e. The standard InChI is InChI=1S/C22H25N3O3/c1-15(17-10-12-19(28-4)13-11-17)24(3)22(27)20-14-21(16(2)26)25(23-20)18-8-6-5-7-9-18/h5-13,15,21H,14H2,1-4H3. The summed E-state index contributed by atoms with van der Waals surface area (Å²) in [7, 11) is 3.38. The van der Waals surface area contributed by atoms with Crippen LogP contribution in [0.4, 0.5) is 5.69 Å². The first-order chi connectivity index (χ1) is 13.4. The van der Waals surface area contributed by atoms with Crippen LogP contribution in [0.1, 0.15) is 31.9 Å². The molecule has 2 aromatic rings. The van der Waals surface area contributed by atoms with E-state index >= 15 is 0 Å². The number of methoxy groups -OCH3 is 1.